The van der Waals surface area contributed by atoms with Crippen molar-refractivity contribution in [3.8, 4) is 11.8 Å². The van der Waals surface area contributed by atoms with Gasteiger partial charge in [0.05, 0.1) is 0 Å². The molecule has 0 bridgehead atoms. The summed E-state index contributed by atoms with van der Waals surface area (Å²) < 4.78 is 3.11. The minimum atomic E-state index is -0.280. The molecule has 0 aliphatic carbocycles. The zero-order chi connectivity index (χ0) is 14.9. The normalized spacial score (nSPS) is 11.2. The second-order valence-electron chi connectivity index (χ2n) is 6.17. The van der Waals surface area contributed by atoms with E-state index in [9.17, 15) is 0 Å². The van der Waals surface area contributed by atoms with E-state index >= 15 is 0 Å². The Hall–Kier alpha value is -1.47. The van der Waals surface area contributed by atoms with Gasteiger partial charge < -0.3 is 0 Å². The average Bonchev–Trinajstić information content (AvgIpc) is 2.85. The molecular formula is C20H18Te. The first-order chi connectivity index (χ1) is 10.1. The summed E-state index contributed by atoms with van der Waals surface area (Å²) in [6.07, 6.45) is 0. The van der Waals surface area contributed by atoms with Crippen molar-refractivity contribution in [2.45, 2.75) is 26.2 Å². The van der Waals surface area contributed by atoms with E-state index in [-0.39, 0.29) is 25.8 Å². The Morgan fingerprint density at radius 3 is 2.19 bits per heavy atom. The summed E-state index contributed by atoms with van der Waals surface area (Å²) >= 11 is -0.280. The summed E-state index contributed by atoms with van der Waals surface area (Å²) in [7, 11) is 0. The summed E-state index contributed by atoms with van der Waals surface area (Å²) in [4.78, 5) is 0. The van der Waals surface area contributed by atoms with Crippen LogP contribution in [-0.4, -0.2) is 20.4 Å². The van der Waals surface area contributed by atoms with Crippen LogP contribution >= 0.6 is 0 Å². The van der Waals surface area contributed by atoms with E-state index in [0.29, 0.717) is 0 Å². The van der Waals surface area contributed by atoms with Crippen LogP contribution in [-0.2, 0) is 5.41 Å². The number of benzene rings is 2. The molecule has 104 valence electrons. The van der Waals surface area contributed by atoms with E-state index in [0.717, 1.165) is 5.56 Å². The van der Waals surface area contributed by atoms with E-state index in [1.54, 1.807) is 3.58 Å². The van der Waals surface area contributed by atoms with Gasteiger partial charge in [-0.15, -0.1) is 0 Å². The molecule has 0 nitrogen and oxygen atoms in total. The van der Waals surface area contributed by atoms with E-state index in [1.807, 2.05) is 18.2 Å². The van der Waals surface area contributed by atoms with Crippen molar-refractivity contribution in [2.75, 3.05) is 0 Å². The first-order valence-electron chi connectivity index (χ1n) is 7.15. The second kappa shape index (κ2) is 5.73. The summed E-state index contributed by atoms with van der Waals surface area (Å²) in [6.45, 7) is 6.93. The molecule has 0 aliphatic rings. The van der Waals surface area contributed by atoms with E-state index in [4.69, 9.17) is 0 Å². The molecule has 0 saturated carbocycles. The van der Waals surface area contributed by atoms with E-state index < -0.39 is 0 Å². The quantitative estimate of drug-likeness (QED) is 0.392. The molecule has 0 N–H and O–H groups in total. The molecule has 0 unspecified atom stereocenters. The Bertz CT molecular complexity index is 821. The molecule has 0 aliphatic heterocycles. The topological polar surface area (TPSA) is 0 Å². The molecule has 2 aromatic carbocycles. The van der Waals surface area contributed by atoms with Gasteiger partial charge in [0.25, 0.3) is 0 Å². The third-order valence-electron chi connectivity index (χ3n) is 3.38. The van der Waals surface area contributed by atoms with E-state index in [1.165, 1.54) is 14.4 Å². The van der Waals surface area contributed by atoms with E-state index in [2.05, 4.69) is 69.0 Å². The molecule has 0 fully saturated rings. The molecular weight excluding hydrogens is 368 g/mol. The molecule has 1 aromatic heterocycles. The maximum absolute atomic E-state index is 3.47. The van der Waals surface area contributed by atoms with Crippen molar-refractivity contribution in [3.05, 3.63) is 69.3 Å². The zero-order valence-corrected chi connectivity index (χ0v) is 14.9. The third-order valence-corrected chi connectivity index (χ3v) is 7.94. The van der Waals surface area contributed by atoms with Crippen LogP contribution < -0.4 is 0 Å². The Balaban J connectivity index is 2.19. The predicted octanol–water partition coefficient (Wildman–Crippen LogP) is 4.59. The number of hydrogen-bond acceptors (Lipinski definition) is 0. The Labute approximate surface area is 136 Å². The summed E-state index contributed by atoms with van der Waals surface area (Å²) in [6, 6.07) is 19.0. The van der Waals surface area contributed by atoms with Crippen LogP contribution in [0.15, 0.2) is 54.6 Å². The van der Waals surface area contributed by atoms with Gasteiger partial charge in [-0.2, -0.15) is 0 Å². The molecule has 0 amide bonds. The zero-order valence-electron chi connectivity index (χ0n) is 12.6. The van der Waals surface area contributed by atoms with Crippen molar-refractivity contribution >= 4 is 29.2 Å². The van der Waals surface area contributed by atoms with Crippen LogP contribution in [0, 0.1) is 11.8 Å². The first-order valence-corrected chi connectivity index (χ1v) is 9.48. The molecule has 3 rings (SSSR count). The first kappa shape index (κ1) is 14.5. The molecule has 1 heterocycles. The van der Waals surface area contributed by atoms with Crippen LogP contribution in [0.4, 0.5) is 0 Å². The van der Waals surface area contributed by atoms with Gasteiger partial charge in [-0.05, 0) is 0 Å². The average molecular weight is 386 g/mol. The predicted molar refractivity (Wildman–Crippen MR) is 92.0 cm³/mol. The van der Waals surface area contributed by atoms with Gasteiger partial charge in [-0.25, -0.2) is 0 Å². The van der Waals surface area contributed by atoms with Crippen molar-refractivity contribution in [1.29, 1.82) is 0 Å². The minimum absolute atomic E-state index is 0.210. The van der Waals surface area contributed by atoms with Gasteiger partial charge in [0.2, 0.25) is 0 Å². The van der Waals surface area contributed by atoms with Gasteiger partial charge in [0.1, 0.15) is 0 Å². The number of fused-ring (bicyclic) bond motifs is 1. The van der Waals surface area contributed by atoms with Crippen LogP contribution in [0.3, 0.4) is 0 Å². The second-order valence-corrected chi connectivity index (χ2v) is 9.17. The third kappa shape index (κ3) is 3.08. The van der Waals surface area contributed by atoms with Gasteiger partial charge in [0, 0.05) is 0 Å². The monoisotopic (exact) mass is 388 g/mol. The SMILES string of the molecule is CC(C)(C)c1[te]c2ccccc2c1C#Cc1ccccc1. The Morgan fingerprint density at radius 2 is 1.48 bits per heavy atom. The molecule has 0 atom stereocenters. The fourth-order valence-electron chi connectivity index (χ4n) is 2.35. The molecule has 0 saturated heterocycles. The molecule has 3 aromatic rings. The summed E-state index contributed by atoms with van der Waals surface area (Å²) in [5.41, 5.74) is 2.58. The van der Waals surface area contributed by atoms with Gasteiger partial charge in [0.15, 0.2) is 0 Å². The Morgan fingerprint density at radius 1 is 0.810 bits per heavy atom. The van der Waals surface area contributed by atoms with Crippen molar-refractivity contribution in [3.63, 3.8) is 0 Å². The number of hydrogen-bond donors (Lipinski definition) is 0. The van der Waals surface area contributed by atoms with Gasteiger partial charge >= 0.3 is 137 Å². The molecule has 0 radical (unpaired) electrons. The standard InChI is InChI=1S/C20H18Te/c1-20(2,3)19-17(14-13-15-9-5-4-6-10-15)16-11-7-8-12-18(16)21-19/h4-12H,1-3H3. The summed E-state index contributed by atoms with van der Waals surface area (Å²) in [5.74, 6) is 6.82. The van der Waals surface area contributed by atoms with Crippen molar-refractivity contribution in [1.82, 2.24) is 0 Å². The van der Waals surface area contributed by atoms with Gasteiger partial charge in [-0.3, -0.25) is 0 Å². The summed E-state index contributed by atoms with van der Waals surface area (Å²) in [5, 5.41) is 1.37. The van der Waals surface area contributed by atoms with Gasteiger partial charge in [-0.1, -0.05) is 0 Å². The van der Waals surface area contributed by atoms with Crippen molar-refractivity contribution < 1.29 is 0 Å². The number of rotatable bonds is 0. The van der Waals surface area contributed by atoms with Crippen LogP contribution in [0.5, 0.6) is 0 Å². The van der Waals surface area contributed by atoms with Crippen LogP contribution in [0.2, 0.25) is 0 Å². The molecule has 0 spiro atoms. The molecule has 21 heavy (non-hydrogen) atoms. The maximum atomic E-state index is 3.47. The fraction of sp³-hybridized carbons (Fsp3) is 0.200. The Kier molecular flexibility index (Phi) is 3.95. The van der Waals surface area contributed by atoms with Crippen LogP contribution in [0.1, 0.15) is 35.5 Å². The fourth-order valence-corrected chi connectivity index (χ4v) is 5.82. The van der Waals surface area contributed by atoms with Crippen LogP contribution in [0.25, 0.3) is 8.79 Å². The van der Waals surface area contributed by atoms with Crippen molar-refractivity contribution in [2.24, 2.45) is 0 Å². The molecule has 1 heteroatoms.